The van der Waals surface area contributed by atoms with Gasteiger partial charge in [0.25, 0.3) is 0 Å². The Hall–Kier alpha value is -1.71. The highest BCUT2D eigenvalue weighted by molar-refractivity contribution is 6.27. The molecule has 0 aliphatic carbocycles. The number of carboxylic acid groups (broad SMARTS) is 2. The fourth-order valence-electron chi connectivity index (χ4n) is 2.24. The van der Waals surface area contributed by atoms with Gasteiger partial charge in [0.2, 0.25) is 5.91 Å². The lowest BCUT2D eigenvalue weighted by Crippen LogP contribution is -2.46. The second-order valence-electron chi connectivity index (χ2n) is 5.69. The predicted molar refractivity (Wildman–Crippen MR) is 92.5 cm³/mol. The third kappa shape index (κ3) is 11.5. The number of nitrogens with one attached hydrogen (secondary N) is 2. The topological polar surface area (TPSA) is 128 Å². The van der Waals surface area contributed by atoms with Crippen molar-refractivity contribution in [2.45, 2.75) is 45.8 Å². The van der Waals surface area contributed by atoms with Gasteiger partial charge in [-0.05, 0) is 32.9 Å². The monoisotopic (exact) mass is 361 g/mol. The lowest BCUT2D eigenvalue weighted by molar-refractivity contribution is -0.159. The zero-order chi connectivity index (χ0) is 19.2. The largest absolute Gasteiger partial charge is 0.473 e. The minimum absolute atomic E-state index is 0.0649. The Kier molecular flexibility index (Phi) is 12.6. The van der Waals surface area contributed by atoms with E-state index in [1.165, 1.54) is 0 Å². The van der Waals surface area contributed by atoms with Crippen molar-refractivity contribution >= 4 is 17.8 Å². The molecule has 0 spiro atoms. The van der Waals surface area contributed by atoms with Crippen molar-refractivity contribution in [1.29, 1.82) is 0 Å². The average molecular weight is 361 g/mol. The summed E-state index contributed by atoms with van der Waals surface area (Å²) in [6.45, 7) is 11.6. The summed E-state index contributed by atoms with van der Waals surface area (Å²) in [5.74, 6) is -3.58. The SMILES string of the molecule is CCN(CC)CCNC(C)C(=O)NCC1CCCO1.O=C(O)C(=O)O. The van der Waals surface area contributed by atoms with Gasteiger partial charge < -0.3 is 30.5 Å². The van der Waals surface area contributed by atoms with E-state index in [0.717, 1.165) is 45.6 Å². The van der Waals surface area contributed by atoms with E-state index in [4.69, 9.17) is 24.5 Å². The molecule has 2 atom stereocenters. The van der Waals surface area contributed by atoms with Crippen LogP contribution in [0.2, 0.25) is 0 Å². The van der Waals surface area contributed by atoms with E-state index in [9.17, 15) is 4.79 Å². The van der Waals surface area contributed by atoms with Crippen molar-refractivity contribution < 1.29 is 29.3 Å². The van der Waals surface area contributed by atoms with E-state index >= 15 is 0 Å². The van der Waals surface area contributed by atoms with E-state index in [1.54, 1.807) is 0 Å². The van der Waals surface area contributed by atoms with Crippen LogP contribution in [0.15, 0.2) is 0 Å². The fourth-order valence-corrected chi connectivity index (χ4v) is 2.24. The van der Waals surface area contributed by atoms with Crippen molar-refractivity contribution in [3.05, 3.63) is 0 Å². The number of nitrogens with zero attached hydrogens (tertiary/aromatic N) is 1. The average Bonchev–Trinajstić information content (AvgIpc) is 3.10. The van der Waals surface area contributed by atoms with E-state index in [2.05, 4.69) is 29.4 Å². The van der Waals surface area contributed by atoms with Crippen LogP contribution in [-0.2, 0) is 19.1 Å². The summed E-state index contributed by atoms with van der Waals surface area (Å²) in [5.41, 5.74) is 0. The number of ether oxygens (including phenoxy) is 1. The Morgan fingerprint density at radius 2 is 1.80 bits per heavy atom. The lowest BCUT2D eigenvalue weighted by atomic mass is 10.2. The lowest BCUT2D eigenvalue weighted by Gasteiger charge is -2.20. The zero-order valence-corrected chi connectivity index (χ0v) is 15.3. The molecule has 0 aromatic heterocycles. The standard InChI is InChI=1S/C14H29N3O2.C2H2O4/c1-4-17(5-2)9-8-15-12(3)14(18)16-11-13-7-6-10-19-13;3-1(4)2(5)6/h12-13,15H,4-11H2,1-3H3,(H,16,18);(H,3,4)(H,5,6). The van der Waals surface area contributed by atoms with Crippen molar-refractivity contribution in [3.63, 3.8) is 0 Å². The number of carboxylic acids is 2. The molecule has 1 fully saturated rings. The number of rotatable bonds is 9. The summed E-state index contributed by atoms with van der Waals surface area (Å²) < 4.78 is 5.48. The summed E-state index contributed by atoms with van der Waals surface area (Å²) in [6.07, 6.45) is 2.38. The molecular formula is C16H31N3O6. The molecule has 1 aliphatic rings. The van der Waals surface area contributed by atoms with Gasteiger partial charge in [0.05, 0.1) is 12.1 Å². The van der Waals surface area contributed by atoms with Crippen LogP contribution in [0.5, 0.6) is 0 Å². The molecule has 1 heterocycles. The molecule has 146 valence electrons. The highest BCUT2D eigenvalue weighted by atomic mass is 16.5. The maximum atomic E-state index is 11.9. The maximum absolute atomic E-state index is 11.9. The summed E-state index contributed by atoms with van der Waals surface area (Å²) in [6, 6.07) is -0.142. The highest BCUT2D eigenvalue weighted by Crippen LogP contribution is 2.10. The van der Waals surface area contributed by atoms with Gasteiger partial charge in [-0.15, -0.1) is 0 Å². The van der Waals surface area contributed by atoms with Gasteiger partial charge in [0.15, 0.2) is 0 Å². The van der Waals surface area contributed by atoms with Crippen LogP contribution in [0.1, 0.15) is 33.6 Å². The Morgan fingerprint density at radius 1 is 1.20 bits per heavy atom. The van der Waals surface area contributed by atoms with Crippen LogP contribution in [0.4, 0.5) is 0 Å². The number of amides is 1. The molecule has 0 bridgehead atoms. The molecule has 0 saturated carbocycles. The summed E-state index contributed by atoms with van der Waals surface area (Å²) in [5, 5.41) is 21.0. The van der Waals surface area contributed by atoms with Gasteiger partial charge in [-0.2, -0.15) is 0 Å². The van der Waals surface area contributed by atoms with Crippen molar-refractivity contribution in [1.82, 2.24) is 15.5 Å². The summed E-state index contributed by atoms with van der Waals surface area (Å²) in [7, 11) is 0. The minimum Gasteiger partial charge on any atom is -0.473 e. The van der Waals surface area contributed by atoms with E-state index < -0.39 is 11.9 Å². The number of hydrogen-bond acceptors (Lipinski definition) is 6. The highest BCUT2D eigenvalue weighted by Gasteiger charge is 2.18. The molecule has 0 radical (unpaired) electrons. The molecular weight excluding hydrogens is 330 g/mol. The van der Waals surface area contributed by atoms with Gasteiger partial charge in [0, 0.05) is 26.2 Å². The summed E-state index contributed by atoms with van der Waals surface area (Å²) in [4.78, 5) is 32.4. The van der Waals surface area contributed by atoms with Crippen LogP contribution in [-0.4, -0.2) is 84.4 Å². The number of carbonyl (C=O) groups is 3. The molecule has 9 heteroatoms. The molecule has 1 aliphatic heterocycles. The van der Waals surface area contributed by atoms with Gasteiger partial charge in [-0.25, -0.2) is 9.59 Å². The molecule has 1 amide bonds. The van der Waals surface area contributed by atoms with Crippen LogP contribution < -0.4 is 10.6 Å². The van der Waals surface area contributed by atoms with Crippen LogP contribution in [0, 0.1) is 0 Å². The first kappa shape index (κ1) is 23.3. The number of aliphatic carboxylic acids is 2. The second kappa shape index (κ2) is 13.6. The van der Waals surface area contributed by atoms with Crippen molar-refractivity contribution in [3.8, 4) is 0 Å². The van der Waals surface area contributed by atoms with Crippen LogP contribution >= 0.6 is 0 Å². The molecule has 0 aromatic carbocycles. The van der Waals surface area contributed by atoms with Crippen LogP contribution in [0.25, 0.3) is 0 Å². The van der Waals surface area contributed by atoms with Crippen molar-refractivity contribution in [2.75, 3.05) is 39.3 Å². The van der Waals surface area contributed by atoms with Gasteiger partial charge in [-0.1, -0.05) is 13.8 Å². The fraction of sp³-hybridized carbons (Fsp3) is 0.812. The summed E-state index contributed by atoms with van der Waals surface area (Å²) >= 11 is 0. The third-order valence-corrected chi connectivity index (χ3v) is 3.88. The zero-order valence-electron chi connectivity index (χ0n) is 15.3. The molecule has 25 heavy (non-hydrogen) atoms. The van der Waals surface area contributed by atoms with Crippen molar-refractivity contribution in [2.24, 2.45) is 0 Å². The Bertz CT molecular complexity index is 397. The normalized spacial score (nSPS) is 17.5. The van der Waals surface area contributed by atoms with E-state index in [0.29, 0.717) is 6.54 Å². The molecule has 1 rings (SSSR count). The second-order valence-corrected chi connectivity index (χ2v) is 5.69. The predicted octanol–water partition coefficient (Wildman–Crippen LogP) is -0.243. The number of likely N-dealkylation sites (N-methyl/N-ethyl adjacent to an activating group) is 1. The van der Waals surface area contributed by atoms with E-state index in [-0.39, 0.29) is 18.1 Å². The quantitative estimate of drug-likeness (QED) is 0.414. The first-order valence-electron chi connectivity index (χ1n) is 8.63. The Morgan fingerprint density at radius 3 is 2.24 bits per heavy atom. The Balaban J connectivity index is 0.000000823. The van der Waals surface area contributed by atoms with Gasteiger partial charge >= 0.3 is 11.9 Å². The molecule has 0 aromatic rings. The van der Waals surface area contributed by atoms with Gasteiger partial charge in [0.1, 0.15) is 0 Å². The molecule has 9 nitrogen and oxygen atoms in total. The minimum atomic E-state index is -1.82. The first-order chi connectivity index (χ1) is 11.8. The first-order valence-corrected chi connectivity index (χ1v) is 8.63. The smallest absolute Gasteiger partial charge is 0.414 e. The molecule has 2 unspecified atom stereocenters. The maximum Gasteiger partial charge on any atom is 0.414 e. The Labute approximate surface area is 148 Å². The third-order valence-electron chi connectivity index (χ3n) is 3.88. The molecule has 4 N–H and O–H groups in total. The molecule has 1 saturated heterocycles. The van der Waals surface area contributed by atoms with E-state index in [1.807, 2.05) is 6.92 Å². The van der Waals surface area contributed by atoms with Gasteiger partial charge in [-0.3, -0.25) is 4.79 Å². The van der Waals surface area contributed by atoms with Crippen LogP contribution in [0.3, 0.4) is 0 Å². The number of hydrogen-bond donors (Lipinski definition) is 4. The number of carbonyl (C=O) groups excluding carboxylic acids is 1.